The Hall–Kier alpha value is -6.05. The summed E-state index contributed by atoms with van der Waals surface area (Å²) in [6.07, 6.45) is 7.31. The van der Waals surface area contributed by atoms with Crippen molar-refractivity contribution in [1.82, 2.24) is 54.5 Å². The standard InChI is InChI=1S/C47H52ClF3N11O6P/c1-9-15-66-69(65,67-16-10-2)68-45(5,6)42-53-24-33(25-54-42)37-20-39(47(49,50)51)57-62(37)28-44(3,4)56-41(63)38(17-29-22-55-59(7)26-29)61-14-13-46(43(61)64)21-35(46)34-12-11-30(19-36(34)48)31-18-32-27-60(8)58-40(32)52-23-31/h9-12,18-20,22-27,35,38H,1-2,13-17,21,28H2,3-8H3,(H,56,63)/t35-,38-,46+/m1/s1/i7D3. The Morgan fingerprint density at radius 1 is 1.00 bits per heavy atom. The lowest BCUT2D eigenvalue weighted by Crippen LogP contribution is -2.56. The molecule has 17 nitrogen and oxygen atoms in total. The molecular formula is C47H52ClF3N11O6P. The van der Waals surface area contributed by atoms with Gasteiger partial charge in [0, 0.05) is 89.5 Å². The average Bonchev–Trinajstić information content (AvgIpc) is 3.73. The summed E-state index contributed by atoms with van der Waals surface area (Å²) < 4.78 is 99.7. The quantitative estimate of drug-likeness (QED) is 0.0605. The molecule has 69 heavy (non-hydrogen) atoms. The highest BCUT2D eigenvalue weighted by Gasteiger charge is 2.65. The molecule has 3 atom stereocenters. The number of halogens is 4. The minimum absolute atomic E-state index is 0.00864. The number of nitrogens with zero attached hydrogens (tertiary/aromatic N) is 10. The third-order valence-corrected chi connectivity index (χ3v) is 14.0. The van der Waals surface area contributed by atoms with Crippen molar-refractivity contribution in [3.63, 3.8) is 0 Å². The molecule has 1 aliphatic carbocycles. The zero-order valence-electron chi connectivity index (χ0n) is 41.4. The SMILES string of the molecule is [2H]C([2H])([2H])n1cc(C[C@H](C(=O)NC(C)(C)Cn2nc(C(F)(F)F)cc2-c2cnc(C(C)(C)OP(=O)(OCC=C)OCC=C)nc2)N2CC[C@@]3(C[C@@H]3c3ccc(-c4cnc5nn(C)cc5c4)cc3Cl)C2=O)cn1. The number of fused-ring (bicyclic) bond motifs is 1. The van der Waals surface area contributed by atoms with E-state index in [9.17, 15) is 27.3 Å². The molecule has 5 aromatic heterocycles. The molecule has 2 fully saturated rings. The molecule has 2 amide bonds. The molecule has 0 bridgehead atoms. The number of hydrogen-bond donors (Lipinski definition) is 1. The first kappa shape index (κ1) is 45.4. The van der Waals surface area contributed by atoms with Crippen LogP contribution in [-0.2, 0) is 66.5 Å². The monoisotopic (exact) mass is 992 g/mol. The van der Waals surface area contributed by atoms with Gasteiger partial charge in [-0.1, -0.05) is 35.9 Å². The number of phosphoric acid groups is 1. The summed E-state index contributed by atoms with van der Waals surface area (Å²) in [5.41, 5.74) is -1.40. The van der Waals surface area contributed by atoms with Gasteiger partial charge in [0.1, 0.15) is 11.6 Å². The first-order valence-corrected chi connectivity index (χ1v) is 23.6. The van der Waals surface area contributed by atoms with Gasteiger partial charge in [-0.05, 0) is 75.4 Å². The van der Waals surface area contributed by atoms with Crippen LogP contribution in [0.2, 0.25) is 5.02 Å². The number of alkyl halides is 3. The van der Waals surface area contributed by atoms with Gasteiger partial charge in [-0.15, -0.1) is 13.2 Å². The number of nitrogens with one attached hydrogen (secondary N) is 1. The number of rotatable bonds is 19. The summed E-state index contributed by atoms with van der Waals surface area (Å²) in [6, 6.07) is 7.29. The van der Waals surface area contributed by atoms with E-state index < -0.39 is 55.2 Å². The second kappa shape index (κ2) is 18.7. The van der Waals surface area contributed by atoms with E-state index in [0.29, 0.717) is 29.1 Å². The summed E-state index contributed by atoms with van der Waals surface area (Å²) in [5, 5.41) is 16.5. The zero-order valence-corrected chi connectivity index (χ0v) is 40.1. The van der Waals surface area contributed by atoms with E-state index in [1.807, 2.05) is 37.5 Å². The van der Waals surface area contributed by atoms with Gasteiger partial charge in [0.2, 0.25) is 11.8 Å². The van der Waals surface area contributed by atoms with Crippen LogP contribution in [0.3, 0.4) is 0 Å². The molecule has 0 unspecified atom stereocenters. The second-order valence-electron chi connectivity index (χ2n) is 18.3. The molecule has 1 spiro atoms. The van der Waals surface area contributed by atoms with Crippen molar-refractivity contribution in [3.8, 4) is 22.4 Å². The Bertz CT molecular complexity index is 3090. The molecular weight excluding hydrogens is 938 g/mol. The van der Waals surface area contributed by atoms with Crippen LogP contribution in [0.5, 0.6) is 0 Å². The lowest BCUT2D eigenvalue weighted by molar-refractivity contribution is -0.141. The minimum atomic E-state index is -4.86. The Kier molecular flexibility index (Phi) is 12.3. The number of benzene rings is 1. The molecule has 1 saturated heterocycles. The topological polar surface area (TPSA) is 186 Å². The van der Waals surface area contributed by atoms with Crippen molar-refractivity contribution < 1.29 is 45.0 Å². The first-order chi connectivity index (χ1) is 33.7. The number of aromatic nitrogens is 9. The Morgan fingerprint density at radius 2 is 1.71 bits per heavy atom. The van der Waals surface area contributed by atoms with Gasteiger partial charge in [-0.2, -0.15) is 28.5 Å². The number of pyridine rings is 1. The van der Waals surface area contributed by atoms with Gasteiger partial charge in [-0.25, -0.2) is 19.5 Å². The highest BCUT2D eigenvalue weighted by Crippen LogP contribution is 2.66. The number of carbonyl (C=O) groups is 2. The third-order valence-electron chi connectivity index (χ3n) is 12.1. The number of likely N-dealkylation sites (tertiary alicyclic amines) is 1. The summed E-state index contributed by atoms with van der Waals surface area (Å²) in [7, 11) is -2.38. The molecule has 6 heterocycles. The molecule has 8 rings (SSSR count). The Morgan fingerprint density at radius 3 is 2.36 bits per heavy atom. The van der Waals surface area contributed by atoms with Crippen LogP contribution in [0.4, 0.5) is 13.2 Å². The van der Waals surface area contributed by atoms with Crippen LogP contribution >= 0.6 is 19.4 Å². The molecule has 22 heteroatoms. The van der Waals surface area contributed by atoms with Crippen LogP contribution in [0.1, 0.15) is 73.2 Å². The molecule has 1 saturated carbocycles. The maximum Gasteiger partial charge on any atom is 0.476 e. The van der Waals surface area contributed by atoms with Gasteiger partial charge in [-0.3, -0.25) is 37.2 Å². The smallest absolute Gasteiger partial charge is 0.348 e. The molecule has 364 valence electrons. The van der Waals surface area contributed by atoms with Gasteiger partial charge in [0.05, 0.1) is 42.6 Å². The Labute approximate surface area is 405 Å². The van der Waals surface area contributed by atoms with Crippen LogP contribution in [0, 0.1) is 5.41 Å². The first-order valence-electron chi connectivity index (χ1n) is 23.3. The Balaban J connectivity index is 1.03. The van der Waals surface area contributed by atoms with Crippen LogP contribution in [0.15, 0.2) is 92.8 Å². The fraction of sp³-hybridized carbons (Fsp3) is 0.404. The normalized spacial score (nSPS) is 18.9. The van der Waals surface area contributed by atoms with E-state index in [1.165, 1.54) is 55.7 Å². The van der Waals surface area contributed by atoms with Gasteiger partial charge < -0.3 is 10.2 Å². The number of phosphoric ester groups is 1. The van der Waals surface area contributed by atoms with E-state index in [1.54, 1.807) is 24.7 Å². The fourth-order valence-electron chi connectivity index (χ4n) is 8.76. The van der Waals surface area contributed by atoms with E-state index in [2.05, 4.69) is 48.7 Å². The largest absolute Gasteiger partial charge is 0.476 e. The van der Waals surface area contributed by atoms with Crippen molar-refractivity contribution >= 4 is 42.3 Å². The summed E-state index contributed by atoms with van der Waals surface area (Å²) in [6.45, 7) is 10.2. The van der Waals surface area contributed by atoms with E-state index in [0.717, 1.165) is 37.5 Å². The number of hydrogen-bond acceptors (Lipinski definition) is 12. The predicted octanol–water partition coefficient (Wildman–Crippen LogP) is 8.37. The van der Waals surface area contributed by atoms with Gasteiger partial charge in [0.15, 0.2) is 17.2 Å². The van der Waals surface area contributed by atoms with E-state index in [4.69, 9.17) is 29.3 Å². The molecule has 2 aliphatic rings. The fourth-order valence-corrected chi connectivity index (χ4v) is 10.5. The number of aryl methyl sites for hydroxylation is 2. The van der Waals surface area contributed by atoms with E-state index in [-0.39, 0.29) is 61.6 Å². The number of amides is 2. The lowest BCUT2D eigenvalue weighted by Gasteiger charge is -2.33. The van der Waals surface area contributed by atoms with Crippen molar-refractivity contribution in [2.75, 3.05) is 19.8 Å². The molecule has 6 aromatic rings. The summed E-state index contributed by atoms with van der Waals surface area (Å²) in [5.74, 6) is -1.18. The summed E-state index contributed by atoms with van der Waals surface area (Å²) in [4.78, 5) is 44.0. The van der Waals surface area contributed by atoms with Crippen LogP contribution in [0.25, 0.3) is 33.4 Å². The maximum absolute atomic E-state index is 14.7. The van der Waals surface area contributed by atoms with Crippen molar-refractivity contribution in [2.45, 2.75) is 82.8 Å². The molecule has 0 radical (unpaired) electrons. The second-order valence-corrected chi connectivity index (χ2v) is 20.3. The van der Waals surface area contributed by atoms with E-state index >= 15 is 0 Å². The van der Waals surface area contributed by atoms with Crippen LogP contribution in [-0.4, -0.2) is 92.3 Å². The molecule has 1 aliphatic heterocycles. The highest BCUT2D eigenvalue weighted by atomic mass is 35.5. The molecule has 1 N–H and O–H groups in total. The van der Waals surface area contributed by atoms with Crippen molar-refractivity contribution in [2.24, 2.45) is 19.4 Å². The maximum atomic E-state index is 14.7. The summed E-state index contributed by atoms with van der Waals surface area (Å²) >= 11 is 6.95. The van der Waals surface area contributed by atoms with Crippen molar-refractivity contribution in [1.29, 1.82) is 0 Å². The zero-order chi connectivity index (χ0) is 52.2. The van der Waals surface area contributed by atoms with Crippen LogP contribution < -0.4 is 5.32 Å². The highest BCUT2D eigenvalue weighted by molar-refractivity contribution is 7.48. The minimum Gasteiger partial charge on any atom is -0.348 e. The third kappa shape index (κ3) is 10.5. The number of carbonyl (C=O) groups excluding carboxylic acids is 2. The molecule has 1 aromatic carbocycles. The average molecular weight is 993 g/mol. The van der Waals surface area contributed by atoms with Crippen molar-refractivity contribution in [3.05, 3.63) is 120 Å². The predicted molar refractivity (Wildman–Crippen MR) is 250 cm³/mol. The lowest BCUT2D eigenvalue weighted by atomic mass is 9.95. The van der Waals surface area contributed by atoms with Gasteiger partial charge in [0.25, 0.3) is 0 Å². The van der Waals surface area contributed by atoms with Gasteiger partial charge >= 0.3 is 14.0 Å².